The second-order valence-corrected chi connectivity index (χ2v) is 26.8. The van der Waals surface area contributed by atoms with E-state index in [2.05, 4.69) is 10.2 Å². The Morgan fingerprint density at radius 2 is 1.44 bits per heavy atom. The number of alkyl halides is 3. The fourth-order valence-corrected chi connectivity index (χ4v) is 13.2. The molecule has 1 aliphatic rings. The number of nitrogens with zero attached hydrogens (tertiary/aromatic N) is 2. The maximum Gasteiger partial charge on any atom is 0.501 e. The van der Waals surface area contributed by atoms with E-state index < -0.39 is 77.9 Å². The summed E-state index contributed by atoms with van der Waals surface area (Å²) in [7, 11) is -13.4. The Bertz CT molecular complexity index is 2970. The lowest BCUT2D eigenvalue weighted by molar-refractivity contribution is -0.0436. The van der Waals surface area contributed by atoms with Crippen molar-refractivity contribution in [1.29, 1.82) is 0 Å². The lowest BCUT2D eigenvalue weighted by atomic mass is 9.84. The van der Waals surface area contributed by atoms with E-state index in [9.17, 15) is 44.5 Å². The summed E-state index contributed by atoms with van der Waals surface area (Å²) in [5.74, 6) is -0.890. The van der Waals surface area contributed by atoms with Gasteiger partial charge in [-0.2, -0.15) is 13.2 Å². The van der Waals surface area contributed by atoms with Crippen LogP contribution in [0.4, 0.5) is 24.5 Å². The van der Waals surface area contributed by atoms with Crippen molar-refractivity contribution in [2.24, 2.45) is 5.92 Å². The fourth-order valence-electron chi connectivity index (χ4n) is 8.24. The number of hydrogen-bond acceptors (Lipinski definition) is 14. The van der Waals surface area contributed by atoms with Gasteiger partial charge in [0.15, 0.2) is 0 Å². The minimum absolute atomic E-state index is 0.0379. The molecule has 408 valence electrons. The number of carbonyl (C=O) groups excluding carboxylic acids is 1. The summed E-state index contributed by atoms with van der Waals surface area (Å²) >= 11 is 7.48. The first-order valence-electron chi connectivity index (χ1n) is 24.2. The second kappa shape index (κ2) is 24.9. The van der Waals surface area contributed by atoms with E-state index in [0.717, 1.165) is 39.4 Å². The molecule has 0 saturated carbocycles. The number of hydrogen-bond donors (Lipinski definition) is 3. The molecule has 5 aromatic rings. The lowest BCUT2D eigenvalue weighted by Crippen LogP contribution is -2.36. The normalized spacial score (nSPS) is 15.2. The van der Waals surface area contributed by atoms with Crippen LogP contribution in [0, 0.1) is 5.92 Å². The third-order valence-electron chi connectivity index (χ3n) is 11.9. The topological polar surface area (TPSA) is 181 Å². The third-order valence-corrected chi connectivity index (χ3v) is 18.2. The van der Waals surface area contributed by atoms with Crippen molar-refractivity contribution in [3.8, 4) is 11.1 Å². The number of benzene rings is 5. The highest BCUT2D eigenvalue weighted by atomic mass is 35.5. The molecule has 0 spiro atoms. The number of phosphoric acid groups is 1. The molecule has 5 aromatic carbocycles. The zero-order valence-electron chi connectivity index (χ0n) is 42.8. The van der Waals surface area contributed by atoms with Gasteiger partial charge in [0.05, 0.1) is 34.5 Å². The summed E-state index contributed by atoms with van der Waals surface area (Å²) in [5.41, 5.74) is -4.69. The molecule has 3 N–H and O–H groups in total. The Labute approximate surface area is 448 Å². The van der Waals surface area contributed by atoms with E-state index >= 15 is 0 Å². The zero-order valence-corrected chi connectivity index (χ0v) is 46.9. The Morgan fingerprint density at radius 1 is 0.840 bits per heavy atom. The van der Waals surface area contributed by atoms with Crippen molar-refractivity contribution in [2.45, 2.75) is 104 Å². The number of thioether (sulfide) groups is 1. The molecule has 14 nitrogen and oxygen atoms in total. The van der Waals surface area contributed by atoms with E-state index in [1.807, 2.05) is 76.4 Å². The highest BCUT2D eigenvalue weighted by molar-refractivity contribution is 7.99. The smallest absolute Gasteiger partial charge is 0.388 e. The molecule has 1 aliphatic heterocycles. The minimum Gasteiger partial charge on any atom is -0.388 e. The molecule has 0 radical (unpaired) electrons. The quantitative estimate of drug-likeness (QED) is 0.0440. The van der Waals surface area contributed by atoms with Crippen LogP contribution < -0.4 is 14.9 Å². The molecule has 22 heteroatoms. The monoisotopic (exact) mass is 1140 g/mol. The van der Waals surface area contributed by atoms with E-state index in [4.69, 9.17) is 25.2 Å². The van der Waals surface area contributed by atoms with Crippen molar-refractivity contribution in [2.75, 3.05) is 55.8 Å². The van der Waals surface area contributed by atoms with Gasteiger partial charge in [0.2, 0.25) is 0 Å². The van der Waals surface area contributed by atoms with Crippen LogP contribution in [0.3, 0.4) is 0 Å². The molecule has 0 unspecified atom stereocenters. The van der Waals surface area contributed by atoms with Gasteiger partial charge in [-0.25, -0.2) is 26.1 Å². The average molecular weight is 1140 g/mol. The van der Waals surface area contributed by atoms with Crippen LogP contribution in [0.25, 0.3) is 11.1 Å². The number of phosphoric ester groups is 1. The van der Waals surface area contributed by atoms with Gasteiger partial charge >= 0.3 is 13.3 Å². The van der Waals surface area contributed by atoms with Crippen LogP contribution in [0.2, 0.25) is 5.02 Å². The lowest BCUT2D eigenvalue weighted by Gasteiger charge is -2.36. The fraction of sp³-hybridized carbons (Fsp3) is 0.415. The van der Waals surface area contributed by atoms with E-state index in [1.165, 1.54) is 23.9 Å². The van der Waals surface area contributed by atoms with Crippen LogP contribution >= 0.6 is 31.2 Å². The third kappa shape index (κ3) is 17.0. The molecule has 0 aliphatic carbocycles. The van der Waals surface area contributed by atoms with Crippen LogP contribution in [0.1, 0.15) is 82.8 Å². The van der Waals surface area contributed by atoms with E-state index in [-0.39, 0.29) is 36.8 Å². The van der Waals surface area contributed by atoms with Crippen molar-refractivity contribution >= 4 is 68.3 Å². The molecule has 1 heterocycles. The maximum absolute atomic E-state index is 14.4. The summed E-state index contributed by atoms with van der Waals surface area (Å²) in [6.07, 6.45) is 0.839. The number of anilines is 2. The first-order chi connectivity index (χ1) is 35.0. The van der Waals surface area contributed by atoms with Gasteiger partial charge in [0.25, 0.3) is 25.8 Å². The van der Waals surface area contributed by atoms with Crippen LogP contribution in [0.15, 0.2) is 136 Å². The minimum atomic E-state index is -6.17. The molecule has 1 fully saturated rings. The number of rotatable bonds is 22. The Kier molecular flexibility index (Phi) is 19.8. The number of carbonyl (C=O) groups is 1. The maximum atomic E-state index is 14.4. The number of nitrogens with one attached hydrogen (secondary N) is 2. The number of aliphatic hydroxyl groups is 1. The predicted octanol–water partition coefficient (Wildman–Crippen LogP) is 12.0. The zero-order chi connectivity index (χ0) is 55.0. The number of piperidine rings is 1. The molecule has 1 saturated heterocycles. The molecular formula is C53H65ClF3N4O10PS3. The number of sulfonamides is 1. The van der Waals surface area contributed by atoms with Gasteiger partial charge in [-0.1, -0.05) is 66.2 Å². The standard InChI is InChI=1S/C53H65ClF3N4O10PS3/c1-51(2,3)70-72(64,71-52(4,5)6)69-34-33-60(7)30-29-41(36-73-43-13-9-8-10-14-43)58-47-26-25-44(35-48(47)74(65,66)53(55,56)57)75(67,68)59-50(63)39-19-23-42(24-20-39)61-31-27-38(28-32-61)49(62)46-16-12-11-15-45(46)37-17-21-40(54)22-18-37/h8-26,35,38,41,49,58,62H,27-34,36H2,1-7H3,(H,59,63)/t41-,49+/m1/s1. The van der Waals surface area contributed by atoms with Crippen molar-refractivity contribution < 1.29 is 58.0 Å². The van der Waals surface area contributed by atoms with Crippen molar-refractivity contribution in [1.82, 2.24) is 9.62 Å². The number of aliphatic hydroxyl groups excluding tert-OH is 1. The Balaban J connectivity index is 1.13. The number of halogens is 4. The summed E-state index contributed by atoms with van der Waals surface area (Å²) in [6.45, 7) is 11.9. The molecule has 2 atom stereocenters. The predicted molar refractivity (Wildman–Crippen MR) is 289 cm³/mol. The highest BCUT2D eigenvalue weighted by Gasteiger charge is 2.48. The van der Waals surface area contributed by atoms with E-state index in [1.54, 1.807) is 72.9 Å². The molecule has 0 bridgehead atoms. The second-order valence-electron chi connectivity index (χ2n) is 20.2. The number of likely N-dealkylation sites (N-methyl/N-ethyl adjacent to an activating group) is 1. The van der Waals surface area contributed by atoms with Gasteiger partial charge < -0.3 is 20.2 Å². The first kappa shape index (κ1) is 59.8. The van der Waals surface area contributed by atoms with Gasteiger partial charge in [0.1, 0.15) is 4.90 Å². The van der Waals surface area contributed by atoms with Crippen molar-refractivity contribution in [3.63, 3.8) is 0 Å². The van der Waals surface area contributed by atoms with Crippen LogP contribution in [0.5, 0.6) is 0 Å². The van der Waals surface area contributed by atoms with E-state index in [0.29, 0.717) is 43.6 Å². The molecule has 6 rings (SSSR count). The SMILES string of the molecule is CN(CCOP(=O)(OC(C)(C)C)OC(C)(C)C)CC[C@H](CSc1ccccc1)Nc1ccc(S(=O)(=O)NC(=O)c2ccc(N3CCC([C@H](O)c4ccccc4-c4ccc(Cl)cc4)CC3)cc2)cc1S(=O)(=O)C(F)(F)F. The molecular weight excluding hydrogens is 1070 g/mol. The van der Waals surface area contributed by atoms with Gasteiger partial charge in [-0.05, 0) is 164 Å². The molecule has 1 amide bonds. The average Bonchev–Trinajstić information content (AvgIpc) is 3.33. The number of amides is 1. The molecule has 0 aromatic heterocycles. The largest absolute Gasteiger partial charge is 0.501 e. The Morgan fingerprint density at radius 3 is 2.04 bits per heavy atom. The summed E-state index contributed by atoms with van der Waals surface area (Å²) in [4.78, 5) is 15.9. The number of sulfone groups is 1. The summed E-state index contributed by atoms with van der Waals surface area (Å²) in [6, 6.07) is 31.9. The summed E-state index contributed by atoms with van der Waals surface area (Å²) in [5, 5.41) is 15.1. The van der Waals surface area contributed by atoms with Crippen LogP contribution in [-0.2, 0) is 38.0 Å². The van der Waals surface area contributed by atoms with Gasteiger partial charge in [-0.3, -0.25) is 18.4 Å². The molecule has 75 heavy (non-hydrogen) atoms. The van der Waals surface area contributed by atoms with Gasteiger partial charge in [0, 0.05) is 52.6 Å². The first-order valence-corrected chi connectivity index (χ1v) is 30.0. The highest BCUT2D eigenvalue weighted by Crippen LogP contribution is 2.55. The van der Waals surface area contributed by atoms with Crippen molar-refractivity contribution in [3.05, 3.63) is 137 Å². The van der Waals surface area contributed by atoms with Crippen LogP contribution in [-0.4, -0.2) is 101 Å². The Hall–Kier alpha value is -4.47. The summed E-state index contributed by atoms with van der Waals surface area (Å²) < 4.78 is 129. The van der Waals surface area contributed by atoms with Gasteiger partial charge in [-0.15, -0.1) is 11.8 Å².